The molecule has 5 nitrogen and oxygen atoms in total. The predicted molar refractivity (Wildman–Crippen MR) is 73.6 cm³/mol. The summed E-state index contributed by atoms with van der Waals surface area (Å²) in [7, 11) is 1.60. The van der Waals surface area contributed by atoms with Gasteiger partial charge in [-0.1, -0.05) is 6.08 Å². The van der Waals surface area contributed by atoms with Crippen molar-refractivity contribution in [3.05, 3.63) is 12.7 Å². The average Bonchev–Trinajstić information content (AvgIpc) is 2.45. The van der Waals surface area contributed by atoms with Gasteiger partial charge < -0.3 is 15.0 Å². The highest BCUT2D eigenvalue weighted by Crippen LogP contribution is 2.18. The second kappa shape index (κ2) is 7.94. The van der Waals surface area contributed by atoms with Gasteiger partial charge in [-0.05, 0) is 32.6 Å². The molecule has 0 aromatic rings. The highest BCUT2D eigenvalue weighted by Gasteiger charge is 2.33. The van der Waals surface area contributed by atoms with Gasteiger partial charge in [-0.3, -0.25) is 9.59 Å². The van der Waals surface area contributed by atoms with Gasteiger partial charge in [-0.25, -0.2) is 0 Å². The first-order valence-electron chi connectivity index (χ1n) is 6.86. The number of likely N-dealkylation sites (tertiary alicyclic amines) is 1. The number of rotatable bonds is 6. The molecule has 0 aromatic heterocycles. The Balaban J connectivity index is 2.60. The fraction of sp³-hybridized carbons (Fsp3) is 0.714. The van der Waals surface area contributed by atoms with E-state index in [-0.39, 0.29) is 17.9 Å². The van der Waals surface area contributed by atoms with E-state index in [0.717, 1.165) is 25.7 Å². The smallest absolute Gasteiger partial charge is 0.252 e. The van der Waals surface area contributed by atoms with E-state index in [1.807, 2.05) is 0 Å². The van der Waals surface area contributed by atoms with Gasteiger partial charge in [0.1, 0.15) is 12.1 Å². The van der Waals surface area contributed by atoms with Crippen LogP contribution in [0.4, 0.5) is 0 Å². The summed E-state index contributed by atoms with van der Waals surface area (Å²) in [5, 5.41) is 2.62. The molecule has 2 atom stereocenters. The summed E-state index contributed by atoms with van der Waals surface area (Å²) in [5.41, 5.74) is 0. The maximum absolute atomic E-state index is 12.3. The summed E-state index contributed by atoms with van der Waals surface area (Å²) in [6, 6.07) is -0.350. The van der Waals surface area contributed by atoms with Gasteiger partial charge in [0.25, 0.3) is 5.91 Å². The van der Waals surface area contributed by atoms with Crippen molar-refractivity contribution < 1.29 is 14.3 Å². The van der Waals surface area contributed by atoms with Gasteiger partial charge in [0, 0.05) is 13.6 Å². The molecule has 5 heteroatoms. The van der Waals surface area contributed by atoms with Crippen molar-refractivity contribution in [1.29, 1.82) is 0 Å². The van der Waals surface area contributed by atoms with Gasteiger partial charge in [0.2, 0.25) is 5.91 Å². The van der Waals surface area contributed by atoms with Crippen molar-refractivity contribution in [2.45, 2.75) is 44.8 Å². The molecule has 0 aliphatic carbocycles. The number of nitrogens with zero attached hydrogens (tertiary/aromatic N) is 1. The van der Waals surface area contributed by atoms with Gasteiger partial charge in [0.15, 0.2) is 0 Å². The van der Waals surface area contributed by atoms with E-state index in [1.165, 1.54) is 0 Å². The Hall–Kier alpha value is -1.36. The summed E-state index contributed by atoms with van der Waals surface area (Å²) >= 11 is 0. The van der Waals surface area contributed by atoms with Gasteiger partial charge >= 0.3 is 0 Å². The molecule has 1 heterocycles. The molecule has 2 unspecified atom stereocenters. The molecule has 19 heavy (non-hydrogen) atoms. The molecule has 0 aromatic carbocycles. The molecular formula is C14H24N2O3. The van der Waals surface area contributed by atoms with E-state index in [9.17, 15) is 9.59 Å². The number of hydrogen-bond acceptors (Lipinski definition) is 3. The first-order valence-corrected chi connectivity index (χ1v) is 6.86. The number of piperidine rings is 1. The predicted octanol–water partition coefficient (Wildman–Crippen LogP) is 1.09. The third-order valence-electron chi connectivity index (χ3n) is 3.37. The molecule has 0 spiro atoms. The molecule has 1 aliphatic heterocycles. The van der Waals surface area contributed by atoms with Crippen molar-refractivity contribution in [3.8, 4) is 0 Å². The van der Waals surface area contributed by atoms with Crippen LogP contribution < -0.4 is 5.32 Å². The number of amides is 2. The van der Waals surface area contributed by atoms with Crippen molar-refractivity contribution in [2.24, 2.45) is 0 Å². The Morgan fingerprint density at radius 2 is 2.26 bits per heavy atom. The summed E-state index contributed by atoms with van der Waals surface area (Å²) in [6.07, 6.45) is 4.61. The van der Waals surface area contributed by atoms with E-state index >= 15 is 0 Å². The van der Waals surface area contributed by atoms with Crippen LogP contribution in [0.3, 0.4) is 0 Å². The van der Waals surface area contributed by atoms with Crippen molar-refractivity contribution in [1.82, 2.24) is 10.2 Å². The first-order chi connectivity index (χ1) is 9.11. The first kappa shape index (κ1) is 15.7. The largest absolute Gasteiger partial charge is 0.368 e. The molecule has 1 saturated heterocycles. The molecule has 2 amide bonds. The number of likely N-dealkylation sites (N-methyl/N-ethyl adjacent to an activating group) is 1. The van der Waals surface area contributed by atoms with E-state index in [0.29, 0.717) is 13.2 Å². The Bertz CT molecular complexity index is 331. The Labute approximate surface area is 115 Å². The lowest BCUT2D eigenvalue weighted by Gasteiger charge is -2.35. The number of hydrogen-bond donors (Lipinski definition) is 1. The molecule has 1 aliphatic rings. The summed E-state index contributed by atoms with van der Waals surface area (Å²) < 4.78 is 5.46. The normalized spacial score (nSPS) is 20.7. The van der Waals surface area contributed by atoms with Crippen LogP contribution in [0.2, 0.25) is 0 Å². The zero-order valence-corrected chi connectivity index (χ0v) is 11.9. The van der Waals surface area contributed by atoms with Crippen LogP contribution in [-0.4, -0.2) is 49.1 Å². The zero-order chi connectivity index (χ0) is 14.3. The minimum Gasteiger partial charge on any atom is -0.368 e. The van der Waals surface area contributed by atoms with Crippen molar-refractivity contribution in [3.63, 3.8) is 0 Å². The molecule has 1 N–H and O–H groups in total. The van der Waals surface area contributed by atoms with Crippen LogP contribution in [0, 0.1) is 0 Å². The lowest BCUT2D eigenvalue weighted by atomic mass is 10.0. The highest BCUT2D eigenvalue weighted by molar-refractivity contribution is 5.89. The summed E-state index contributed by atoms with van der Waals surface area (Å²) in [6.45, 7) is 6.46. The highest BCUT2D eigenvalue weighted by atomic mass is 16.5. The number of carbonyl (C=O) groups is 2. The fourth-order valence-corrected chi connectivity index (χ4v) is 2.27. The number of nitrogens with one attached hydrogen (secondary N) is 1. The Morgan fingerprint density at radius 1 is 1.53 bits per heavy atom. The topological polar surface area (TPSA) is 58.6 Å². The molecule has 0 radical (unpaired) electrons. The maximum atomic E-state index is 12.3. The lowest BCUT2D eigenvalue weighted by molar-refractivity contribution is -0.150. The van der Waals surface area contributed by atoms with Crippen LogP contribution in [0.25, 0.3) is 0 Å². The summed E-state index contributed by atoms with van der Waals surface area (Å²) in [4.78, 5) is 25.8. The van der Waals surface area contributed by atoms with Crippen LogP contribution in [0.5, 0.6) is 0 Å². The second-order valence-electron chi connectivity index (χ2n) is 4.75. The van der Waals surface area contributed by atoms with E-state index in [2.05, 4.69) is 11.9 Å². The Morgan fingerprint density at radius 3 is 2.89 bits per heavy atom. The van der Waals surface area contributed by atoms with E-state index in [1.54, 1.807) is 24.9 Å². The summed E-state index contributed by atoms with van der Waals surface area (Å²) in [5.74, 6) is -0.191. The second-order valence-corrected chi connectivity index (χ2v) is 4.75. The third-order valence-corrected chi connectivity index (χ3v) is 3.37. The van der Waals surface area contributed by atoms with Crippen LogP contribution in [0.15, 0.2) is 12.7 Å². The lowest BCUT2D eigenvalue weighted by Crippen LogP contribution is -2.54. The standard InChI is InChI=1S/C14H24N2O3/c1-4-5-10-19-11(2)14(18)16-9-7-6-8-12(16)13(17)15-3/h4,11-12H,1,5-10H2,2-3H3,(H,15,17). The third kappa shape index (κ3) is 4.35. The van der Waals surface area contributed by atoms with Crippen molar-refractivity contribution in [2.75, 3.05) is 20.2 Å². The SMILES string of the molecule is C=CCCOC(C)C(=O)N1CCCCC1C(=O)NC. The molecule has 0 bridgehead atoms. The molecule has 0 saturated carbocycles. The van der Waals surface area contributed by atoms with Crippen LogP contribution in [-0.2, 0) is 14.3 Å². The molecule has 1 rings (SSSR count). The van der Waals surface area contributed by atoms with E-state index < -0.39 is 6.10 Å². The van der Waals surface area contributed by atoms with Gasteiger partial charge in [-0.2, -0.15) is 0 Å². The van der Waals surface area contributed by atoms with Crippen molar-refractivity contribution >= 4 is 11.8 Å². The monoisotopic (exact) mass is 268 g/mol. The van der Waals surface area contributed by atoms with Crippen LogP contribution in [0.1, 0.15) is 32.6 Å². The Kier molecular flexibility index (Phi) is 6.56. The average molecular weight is 268 g/mol. The number of ether oxygens (including phenoxy) is 1. The molecule has 1 fully saturated rings. The van der Waals surface area contributed by atoms with Gasteiger partial charge in [0.05, 0.1) is 6.61 Å². The van der Waals surface area contributed by atoms with E-state index in [4.69, 9.17) is 4.74 Å². The molecular weight excluding hydrogens is 244 g/mol. The maximum Gasteiger partial charge on any atom is 0.252 e. The fourth-order valence-electron chi connectivity index (χ4n) is 2.27. The minimum absolute atomic E-state index is 0.0914. The van der Waals surface area contributed by atoms with Gasteiger partial charge in [-0.15, -0.1) is 6.58 Å². The molecule has 108 valence electrons. The van der Waals surface area contributed by atoms with Crippen LogP contribution >= 0.6 is 0 Å². The zero-order valence-electron chi connectivity index (χ0n) is 11.9. The minimum atomic E-state index is -0.509. The number of carbonyl (C=O) groups excluding carboxylic acids is 2. The quantitative estimate of drug-likeness (QED) is 0.579.